The number of nitro groups is 1. The number of nitrogens with one attached hydrogen (secondary N) is 1. The van der Waals surface area contributed by atoms with E-state index < -0.39 is 10.8 Å². The summed E-state index contributed by atoms with van der Waals surface area (Å²) in [6.45, 7) is 0. The number of carbonyl (C=O) groups excluding carboxylic acids is 1. The van der Waals surface area contributed by atoms with Gasteiger partial charge in [-0.1, -0.05) is 11.6 Å². The van der Waals surface area contributed by atoms with Gasteiger partial charge in [0.2, 0.25) is 5.91 Å². The number of halogens is 1. The van der Waals surface area contributed by atoms with Crippen molar-refractivity contribution in [3.63, 3.8) is 0 Å². The van der Waals surface area contributed by atoms with E-state index >= 15 is 0 Å². The lowest BCUT2D eigenvalue weighted by Crippen LogP contribution is -2.15. The van der Waals surface area contributed by atoms with Gasteiger partial charge >= 0.3 is 0 Å². The summed E-state index contributed by atoms with van der Waals surface area (Å²) in [5.74, 6) is -0.416. The highest BCUT2D eigenvalue weighted by Gasteiger charge is 2.17. The monoisotopic (exact) mass is 312 g/mol. The molecular formula is C11H9ClN4O3S. The lowest BCUT2D eigenvalue weighted by molar-refractivity contribution is -0.383. The standard InChI is InChI=1S/C11H9ClN4O3S/c12-6-1-2-8(9(3-6)16(18)19)15-10(17)4-7-5-20-11(13)14-7/h1-3,5H,4H2,(H2,13,14)(H,15,17). The summed E-state index contributed by atoms with van der Waals surface area (Å²) >= 11 is 6.91. The predicted octanol–water partition coefficient (Wildman–Crippen LogP) is 2.47. The summed E-state index contributed by atoms with van der Waals surface area (Å²) in [6.07, 6.45) is -0.00647. The largest absolute Gasteiger partial charge is 0.375 e. The van der Waals surface area contributed by atoms with E-state index in [2.05, 4.69) is 10.3 Å². The van der Waals surface area contributed by atoms with Crippen LogP contribution >= 0.6 is 22.9 Å². The second-order valence-electron chi connectivity index (χ2n) is 3.82. The summed E-state index contributed by atoms with van der Waals surface area (Å²) in [5, 5.41) is 15.6. The average molecular weight is 313 g/mol. The van der Waals surface area contributed by atoms with Gasteiger partial charge in [-0.3, -0.25) is 14.9 Å². The zero-order valence-electron chi connectivity index (χ0n) is 10.00. The third-order valence-electron chi connectivity index (χ3n) is 2.34. The van der Waals surface area contributed by atoms with Crippen molar-refractivity contribution in [2.75, 3.05) is 11.1 Å². The maximum absolute atomic E-state index is 11.8. The maximum atomic E-state index is 11.8. The predicted molar refractivity (Wildman–Crippen MR) is 77.0 cm³/mol. The molecule has 3 N–H and O–H groups in total. The fourth-order valence-electron chi connectivity index (χ4n) is 1.52. The van der Waals surface area contributed by atoms with E-state index in [0.29, 0.717) is 10.8 Å². The van der Waals surface area contributed by atoms with Crippen molar-refractivity contribution >= 4 is 45.4 Å². The Bertz CT molecular complexity index is 673. The number of anilines is 2. The van der Waals surface area contributed by atoms with Gasteiger partial charge in [-0.25, -0.2) is 4.98 Å². The zero-order chi connectivity index (χ0) is 14.7. The number of hydrogen-bond donors (Lipinski definition) is 2. The van der Waals surface area contributed by atoms with E-state index in [-0.39, 0.29) is 22.8 Å². The van der Waals surface area contributed by atoms with Crippen LogP contribution in [0.4, 0.5) is 16.5 Å². The summed E-state index contributed by atoms with van der Waals surface area (Å²) in [4.78, 5) is 26.0. The van der Waals surface area contributed by atoms with Gasteiger partial charge in [0, 0.05) is 16.5 Å². The van der Waals surface area contributed by atoms with Crippen LogP contribution < -0.4 is 11.1 Å². The number of aromatic nitrogens is 1. The van der Waals surface area contributed by atoms with Gasteiger partial charge in [0.25, 0.3) is 5.69 Å². The smallest absolute Gasteiger partial charge is 0.294 e. The van der Waals surface area contributed by atoms with Gasteiger partial charge in [0.15, 0.2) is 5.13 Å². The molecule has 104 valence electrons. The first-order chi connectivity index (χ1) is 9.45. The molecule has 20 heavy (non-hydrogen) atoms. The van der Waals surface area contributed by atoms with Crippen LogP contribution in [0, 0.1) is 10.1 Å². The minimum atomic E-state index is -0.609. The van der Waals surface area contributed by atoms with Crippen molar-refractivity contribution in [2.24, 2.45) is 0 Å². The molecule has 7 nitrogen and oxygen atoms in total. The summed E-state index contributed by atoms with van der Waals surface area (Å²) in [7, 11) is 0. The number of hydrogen-bond acceptors (Lipinski definition) is 6. The molecule has 1 aromatic heterocycles. The number of nitrogen functional groups attached to an aromatic ring is 1. The Morgan fingerprint density at radius 3 is 2.90 bits per heavy atom. The van der Waals surface area contributed by atoms with Gasteiger partial charge in [0.05, 0.1) is 17.0 Å². The zero-order valence-corrected chi connectivity index (χ0v) is 11.6. The molecule has 0 bridgehead atoms. The summed E-state index contributed by atoms with van der Waals surface area (Å²) in [5.41, 5.74) is 5.80. The Morgan fingerprint density at radius 1 is 1.55 bits per heavy atom. The minimum absolute atomic E-state index is 0.00647. The van der Waals surface area contributed by atoms with Crippen LogP contribution in [0.5, 0.6) is 0 Å². The molecule has 0 aliphatic heterocycles. The lowest BCUT2D eigenvalue weighted by atomic mass is 10.2. The van der Waals surface area contributed by atoms with E-state index in [1.165, 1.54) is 29.5 Å². The third kappa shape index (κ3) is 3.43. The molecule has 0 spiro atoms. The second-order valence-corrected chi connectivity index (χ2v) is 5.15. The normalized spacial score (nSPS) is 10.2. The van der Waals surface area contributed by atoms with E-state index in [1.54, 1.807) is 5.38 Å². The molecule has 1 aromatic carbocycles. The van der Waals surface area contributed by atoms with Gasteiger partial charge in [-0.05, 0) is 12.1 Å². The Kier molecular flexibility index (Phi) is 4.16. The summed E-state index contributed by atoms with van der Waals surface area (Å²) in [6, 6.07) is 4.02. The van der Waals surface area contributed by atoms with E-state index in [0.717, 1.165) is 0 Å². The van der Waals surface area contributed by atoms with Crippen molar-refractivity contribution in [1.29, 1.82) is 0 Å². The topological polar surface area (TPSA) is 111 Å². The molecule has 0 fully saturated rings. The Morgan fingerprint density at radius 2 is 2.30 bits per heavy atom. The number of rotatable bonds is 4. The molecule has 1 amide bonds. The Hall–Kier alpha value is -2.19. The molecule has 0 saturated heterocycles. The highest BCUT2D eigenvalue weighted by molar-refractivity contribution is 7.13. The Balaban J connectivity index is 2.13. The molecule has 0 aliphatic carbocycles. The molecule has 1 heterocycles. The lowest BCUT2D eigenvalue weighted by Gasteiger charge is -2.05. The van der Waals surface area contributed by atoms with Crippen LogP contribution in [0.1, 0.15) is 5.69 Å². The van der Waals surface area contributed by atoms with Crippen LogP contribution in [0.2, 0.25) is 5.02 Å². The number of benzene rings is 1. The van der Waals surface area contributed by atoms with Crippen molar-refractivity contribution in [2.45, 2.75) is 6.42 Å². The maximum Gasteiger partial charge on any atom is 0.294 e. The molecule has 0 saturated carbocycles. The molecule has 0 unspecified atom stereocenters. The highest BCUT2D eigenvalue weighted by Crippen LogP contribution is 2.27. The van der Waals surface area contributed by atoms with Crippen molar-refractivity contribution in [3.05, 3.63) is 44.4 Å². The number of amides is 1. The molecule has 2 aromatic rings. The number of thiazole rings is 1. The van der Waals surface area contributed by atoms with Crippen LogP contribution in [-0.4, -0.2) is 15.8 Å². The van der Waals surface area contributed by atoms with Crippen LogP contribution in [-0.2, 0) is 11.2 Å². The molecule has 0 aliphatic rings. The molecule has 0 radical (unpaired) electrons. The number of nitrogens with zero attached hydrogens (tertiary/aromatic N) is 2. The third-order valence-corrected chi connectivity index (χ3v) is 3.30. The van der Waals surface area contributed by atoms with Crippen molar-refractivity contribution in [1.82, 2.24) is 4.98 Å². The molecule has 2 rings (SSSR count). The van der Waals surface area contributed by atoms with Crippen molar-refractivity contribution in [3.8, 4) is 0 Å². The first kappa shape index (κ1) is 14.2. The van der Waals surface area contributed by atoms with E-state index in [9.17, 15) is 14.9 Å². The summed E-state index contributed by atoms with van der Waals surface area (Å²) < 4.78 is 0. The van der Waals surface area contributed by atoms with Gasteiger partial charge < -0.3 is 11.1 Å². The minimum Gasteiger partial charge on any atom is -0.375 e. The number of carbonyl (C=O) groups is 1. The van der Waals surface area contributed by atoms with Gasteiger partial charge in [-0.15, -0.1) is 11.3 Å². The van der Waals surface area contributed by atoms with E-state index in [4.69, 9.17) is 17.3 Å². The van der Waals surface area contributed by atoms with Crippen LogP contribution in [0.3, 0.4) is 0 Å². The second kappa shape index (κ2) is 5.85. The quantitative estimate of drug-likeness (QED) is 0.665. The van der Waals surface area contributed by atoms with Crippen LogP contribution in [0.25, 0.3) is 0 Å². The SMILES string of the molecule is Nc1nc(CC(=O)Nc2ccc(Cl)cc2[N+](=O)[O-])cs1. The molecule has 9 heteroatoms. The highest BCUT2D eigenvalue weighted by atomic mass is 35.5. The fourth-order valence-corrected chi connectivity index (χ4v) is 2.25. The number of nitro benzene ring substituents is 1. The Labute approximate surface area is 122 Å². The van der Waals surface area contributed by atoms with E-state index in [1.807, 2.05) is 0 Å². The average Bonchev–Trinajstić information content (AvgIpc) is 2.76. The van der Waals surface area contributed by atoms with Gasteiger partial charge in [-0.2, -0.15) is 0 Å². The van der Waals surface area contributed by atoms with Gasteiger partial charge in [0.1, 0.15) is 5.69 Å². The van der Waals surface area contributed by atoms with Crippen LogP contribution in [0.15, 0.2) is 23.6 Å². The molecular weight excluding hydrogens is 304 g/mol. The number of nitrogens with two attached hydrogens (primary N) is 1. The first-order valence-corrected chi connectivity index (χ1v) is 6.65. The molecule has 0 atom stereocenters. The fraction of sp³-hybridized carbons (Fsp3) is 0.0909. The first-order valence-electron chi connectivity index (χ1n) is 5.39. The van der Waals surface area contributed by atoms with Crippen molar-refractivity contribution < 1.29 is 9.72 Å².